The lowest BCUT2D eigenvalue weighted by atomic mass is 10.0. The molecule has 150 valence electrons. The van der Waals surface area contributed by atoms with Crippen molar-refractivity contribution in [3.8, 4) is 5.75 Å². The van der Waals surface area contributed by atoms with Crippen LogP contribution in [0.15, 0.2) is 29.1 Å². The molecule has 10 heteroatoms. The van der Waals surface area contributed by atoms with E-state index in [2.05, 4.69) is 20.0 Å². The number of aromatic amines is 1. The molecule has 1 aliphatic rings. The molecule has 2 aromatic rings. The van der Waals surface area contributed by atoms with Gasteiger partial charge in [-0.05, 0) is 37.0 Å². The van der Waals surface area contributed by atoms with Crippen LogP contribution in [0.4, 0.5) is 17.6 Å². The van der Waals surface area contributed by atoms with Gasteiger partial charge in [0.1, 0.15) is 11.5 Å². The van der Waals surface area contributed by atoms with E-state index in [0.29, 0.717) is 12.2 Å². The highest BCUT2D eigenvalue weighted by Gasteiger charge is 2.32. The molecule has 1 atom stereocenters. The number of nitrogens with zero attached hydrogens (tertiary/aromatic N) is 1. The smallest absolute Gasteiger partial charge is 0.403 e. The van der Waals surface area contributed by atoms with E-state index in [1.165, 1.54) is 6.07 Å². The van der Waals surface area contributed by atoms with Crippen molar-refractivity contribution in [2.75, 3.05) is 0 Å². The number of amides is 1. The van der Waals surface area contributed by atoms with Crippen molar-refractivity contribution < 1.29 is 27.1 Å². The number of nitrogens with one attached hydrogen (secondary N) is 2. The summed E-state index contributed by atoms with van der Waals surface area (Å²) in [5.74, 6) is -2.20. The number of H-pyrrole nitrogens is 1. The number of hydrogen-bond donors (Lipinski definition) is 2. The number of carbonyl (C=O) groups is 1. The Morgan fingerprint density at radius 3 is 2.64 bits per heavy atom. The van der Waals surface area contributed by atoms with Crippen LogP contribution < -0.4 is 15.6 Å². The van der Waals surface area contributed by atoms with Gasteiger partial charge in [-0.15, -0.1) is 13.2 Å². The van der Waals surface area contributed by atoms with Crippen LogP contribution in [0.2, 0.25) is 0 Å². The van der Waals surface area contributed by atoms with Crippen LogP contribution in [0, 0.1) is 5.82 Å². The molecular formula is C18H17F4N3O3. The number of benzene rings is 1. The molecule has 1 aromatic heterocycles. The van der Waals surface area contributed by atoms with Crippen molar-refractivity contribution >= 4 is 5.91 Å². The maximum Gasteiger partial charge on any atom is 0.573 e. The van der Waals surface area contributed by atoms with Crippen LogP contribution in [-0.2, 0) is 0 Å². The molecule has 0 aliphatic heterocycles. The van der Waals surface area contributed by atoms with Crippen molar-refractivity contribution in [3.63, 3.8) is 0 Å². The molecule has 0 unspecified atom stereocenters. The maximum atomic E-state index is 13.9. The first-order chi connectivity index (χ1) is 13.2. The summed E-state index contributed by atoms with van der Waals surface area (Å²) in [6.45, 7) is 1.71. The van der Waals surface area contributed by atoms with Gasteiger partial charge in [0.2, 0.25) is 0 Å². The van der Waals surface area contributed by atoms with Gasteiger partial charge in [0.15, 0.2) is 11.6 Å². The average Bonchev–Trinajstić information content (AvgIpc) is 3.45. The molecule has 1 heterocycles. The molecule has 0 saturated heterocycles. The molecule has 0 spiro atoms. The summed E-state index contributed by atoms with van der Waals surface area (Å²) < 4.78 is 54.3. The van der Waals surface area contributed by atoms with Crippen LogP contribution in [0.3, 0.4) is 0 Å². The summed E-state index contributed by atoms with van der Waals surface area (Å²) >= 11 is 0. The molecule has 2 N–H and O–H groups in total. The quantitative estimate of drug-likeness (QED) is 0.728. The molecule has 1 saturated carbocycles. The minimum absolute atomic E-state index is 0.0680. The third kappa shape index (κ3) is 4.87. The minimum atomic E-state index is -5.01. The monoisotopic (exact) mass is 399 g/mol. The van der Waals surface area contributed by atoms with Crippen molar-refractivity contribution in [2.24, 2.45) is 0 Å². The number of carbonyl (C=O) groups excluding carboxylic acids is 1. The van der Waals surface area contributed by atoms with Gasteiger partial charge < -0.3 is 15.0 Å². The first-order valence-corrected chi connectivity index (χ1v) is 8.63. The molecular weight excluding hydrogens is 382 g/mol. The normalized spacial score (nSPS) is 15.2. The third-order valence-corrected chi connectivity index (χ3v) is 4.25. The number of hydrogen-bond acceptors (Lipinski definition) is 4. The fourth-order valence-electron chi connectivity index (χ4n) is 2.74. The van der Waals surface area contributed by atoms with Gasteiger partial charge in [-0.3, -0.25) is 9.59 Å². The molecule has 6 nitrogen and oxygen atoms in total. The Kier molecular flexibility index (Phi) is 5.39. The number of alkyl halides is 3. The van der Waals surface area contributed by atoms with Crippen LogP contribution in [0.5, 0.6) is 5.75 Å². The van der Waals surface area contributed by atoms with Gasteiger partial charge >= 0.3 is 6.36 Å². The van der Waals surface area contributed by atoms with E-state index in [-0.39, 0.29) is 17.2 Å². The summed E-state index contributed by atoms with van der Waals surface area (Å²) in [6.07, 6.45) is -2.90. The lowest BCUT2D eigenvalue weighted by Crippen LogP contribution is -2.30. The largest absolute Gasteiger partial charge is 0.573 e. The summed E-state index contributed by atoms with van der Waals surface area (Å²) in [7, 11) is 0. The Labute approximate surface area is 156 Å². The molecule has 0 bridgehead atoms. The van der Waals surface area contributed by atoms with Gasteiger partial charge in [0.05, 0.1) is 6.04 Å². The van der Waals surface area contributed by atoms with Gasteiger partial charge in [-0.1, -0.05) is 13.0 Å². The highest BCUT2D eigenvalue weighted by molar-refractivity contribution is 5.92. The average molecular weight is 399 g/mol. The lowest BCUT2D eigenvalue weighted by Gasteiger charge is -2.18. The number of ether oxygens (including phenoxy) is 1. The van der Waals surface area contributed by atoms with E-state index in [1.54, 1.807) is 6.92 Å². The van der Waals surface area contributed by atoms with E-state index in [0.717, 1.165) is 31.0 Å². The van der Waals surface area contributed by atoms with Crippen molar-refractivity contribution in [2.45, 2.75) is 44.5 Å². The van der Waals surface area contributed by atoms with E-state index in [9.17, 15) is 27.2 Å². The summed E-state index contributed by atoms with van der Waals surface area (Å²) in [6, 6.07) is 3.33. The van der Waals surface area contributed by atoms with E-state index < -0.39 is 35.4 Å². The number of rotatable bonds is 6. The third-order valence-electron chi connectivity index (χ3n) is 4.25. The van der Waals surface area contributed by atoms with Crippen LogP contribution in [-0.4, -0.2) is 22.2 Å². The molecule has 1 aliphatic carbocycles. The van der Waals surface area contributed by atoms with Gasteiger partial charge in [0, 0.05) is 12.0 Å². The predicted octanol–water partition coefficient (Wildman–Crippen LogP) is 3.57. The van der Waals surface area contributed by atoms with Crippen LogP contribution in [0.1, 0.15) is 60.0 Å². The van der Waals surface area contributed by atoms with Crippen molar-refractivity contribution in [3.05, 3.63) is 57.5 Å². The Hall–Kier alpha value is -2.91. The highest BCUT2D eigenvalue weighted by Crippen LogP contribution is 2.37. The Balaban J connectivity index is 1.78. The predicted molar refractivity (Wildman–Crippen MR) is 90.4 cm³/mol. The van der Waals surface area contributed by atoms with E-state index in [1.807, 2.05) is 0 Å². The second kappa shape index (κ2) is 7.61. The number of halogens is 4. The second-order valence-electron chi connectivity index (χ2n) is 6.46. The molecule has 1 fully saturated rings. The van der Waals surface area contributed by atoms with E-state index in [4.69, 9.17) is 0 Å². The first kappa shape index (κ1) is 19.8. The second-order valence-corrected chi connectivity index (χ2v) is 6.46. The molecule has 28 heavy (non-hydrogen) atoms. The van der Waals surface area contributed by atoms with Gasteiger partial charge in [-0.25, -0.2) is 9.37 Å². The highest BCUT2D eigenvalue weighted by atomic mass is 19.4. The maximum absolute atomic E-state index is 13.9. The lowest BCUT2D eigenvalue weighted by molar-refractivity contribution is -0.275. The minimum Gasteiger partial charge on any atom is -0.403 e. The van der Waals surface area contributed by atoms with Crippen molar-refractivity contribution in [1.29, 1.82) is 0 Å². The Bertz CT molecular complexity index is 938. The van der Waals surface area contributed by atoms with Gasteiger partial charge in [-0.2, -0.15) is 0 Å². The zero-order chi connectivity index (χ0) is 20.5. The summed E-state index contributed by atoms with van der Waals surface area (Å²) in [4.78, 5) is 31.0. The number of aromatic nitrogens is 2. The molecule has 1 amide bonds. The zero-order valence-corrected chi connectivity index (χ0v) is 14.8. The molecule has 3 rings (SSSR count). The topological polar surface area (TPSA) is 84.1 Å². The standard InChI is InChI=1S/C18H17F4N3O3/c1-2-12(10-5-6-14(11(19)7-10)28-18(20,21)22)24-17(27)13-8-15(26)25-16(23-13)9-3-4-9/h5-9,12H,2-4H2,1H3,(H,24,27)(H,23,25,26)/t12-/m1/s1. The summed E-state index contributed by atoms with van der Waals surface area (Å²) in [5, 5.41) is 2.62. The van der Waals surface area contributed by atoms with Crippen LogP contribution in [0.25, 0.3) is 0 Å². The molecule has 1 aromatic carbocycles. The SMILES string of the molecule is CC[C@@H](NC(=O)c1cc(=O)[nH]c(C2CC2)n1)c1ccc(OC(F)(F)F)c(F)c1. The van der Waals surface area contributed by atoms with Crippen molar-refractivity contribution in [1.82, 2.24) is 15.3 Å². The Morgan fingerprint density at radius 2 is 2.07 bits per heavy atom. The Morgan fingerprint density at radius 1 is 1.36 bits per heavy atom. The fourth-order valence-corrected chi connectivity index (χ4v) is 2.74. The van der Waals surface area contributed by atoms with Gasteiger partial charge in [0.25, 0.3) is 11.5 Å². The zero-order valence-electron chi connectivity index (χ0n) is 14.8. The fraction of sp³-hybridized carbons (Fsp3) is 0.389. The summed E-state index contributed by atoms with van der Waals surface area (Å²) in [5.41, 5.74) is -0.258. The first-order valence-electron chi connectivity index (χ1n) is 8.63. The van der Waals surface area contributed by atoms with E-state index >= 15 is 0 Å². The molecule has 0 radical (unpaired) electrons. The van der Waals surface area contributed by atoms with Crippen LogP contribution >= 0.6 is 0 Å².